The van der Waals surface area contributed by atoms with Crippen LogP contribution < -0.4 is 10.2 Å². The predicted octanol–water partition coefficient (Wildman–Crippen LogP) is 4.10. The second kappa shape index (κ2) is 8.48. The molecule has 0 aromatic heterocycles. The van der Waals surface area contributed by atoms with Crippen LogP contribution in [0.2, 0.25) is 0 Å². The fraction of sp³-hybridized carbons (Fsp3) is 0.222. The van der Waals surface area contributed by atoms with Gasteiger partial charge in [-0.25, -0.2) is 5.43 Å². The number of halogens is 1. The summed E-state index contributed by atoms with van der Waals surface area (Å²) in [6.07, 6.45) is 1.59. The van der Waals surface area contributed by atoms with Crippen LogP contribution in [0.3, 0.4) is 0 Å². The fourth-order valence-corrected chi connectivity index (χ4v) is 2.33. The maximum atomic E-state index is 11.7. The first-order valence-electron chi connectivity index (χ1n) is 7.35. The van der Waals surface area contributed by atoms with Crippen molar-refractivity contribution in [1.82, 2.24) is 5.43 Å². The number of hydrogen-bond acceptors (Lipinski definition) is 3. The second-order valence-corrected chi connectivity index (χ2v) is 6.28. The summed E-state index contributed by atoms with van der Waals surface area (Å²) in [5.74, 6) is 0.802. The Labute approximate surface area is 144 Å². The van der Waals surface area contributed by atoms with Crippen molar-refractivity contribution < 1.29 is 9.53 Å². The van der Waals surface area contributed by atoms with E-state index in [1.165, 1.54) is 5.56 Å². The molecule has 0 aliphatic carbocycles. The van der Waals surface area contributed by atoms with Crippen molar-refractivity contribution >= 4 is 28.1 Å². The SMILES string of the molecule is CC(C)c1cccc(OCC(=O)N/N=C/c2cccc(Br)c2)c1. The van der Waals surface area contributed by atoms with E-state index in [4.69, 9.17) is 4.74 Å². The van der Waals surface area contributed by atoms with Gasteiger partial charge in [0.2, 0.25) is 0 Å². The summed E-state index contributed by atoms with van der Waals surface area (Å²) < 4.78 is 6.45. The summed E-state index contributed by atoms with van der Waals surface area (Å²) in [5.41, 5.74) is 4.52. The lowest BCUT2D eigenvalue weighted by atomic mass is 10.0. The van der Waals surface area contributed by atoms with Crippen molar-refractivity contribution in [3.8, 4) is 5.75 Å². The first-order chi connectivity index (χ1) is 11.0. The van der Waals surface area contributed by atoms with E-state index in [0.717, 1.165) is 10.0 Å². The third kappa shape index (κ3) is 5.87. The van der Waals surface area contributed by atoms with Crippen molar-refractivity contribution in [3.63, 3.8) is 0 Å². The highest BCUT2D eigenvalue weighted by molar-refractivity contribution is 9.10. The quantitative estimate of drug-likeness (QED) is 0.611. The van der Waals surface area contributed by atoms with Gasteiger partial charge in [0.1, 0.15) is 5.75 Å². The summed E-state index contributed by atoms with van der Waals surface area (Å²) >= 11 is 3.38. The van der Waals surface area contributed by atoms with E-state index in [1.54, 1.807) is 6.21 Å². The van der Waals surface area contributed by atoms with Gasteiger partial charge in [-0.2, -0.15) is 5.10 Å². The summed E-state index contributed by atoms with van der Waals surface area (Å²) in [7, 11) is 0. The highest BCUT2D eigenvalue weighted by Gasteiger charge is 2.04. The average Bonchev–Trinajstić information content (AvgIpc) is 2.53. The molecule has 1 N–H and O–H groups in total. The Bertz CT molecular complexity index is 699. The van der Waals surface area contributed by atoms with Crippen LogP contribution >= 0.6 is 15.9 Å². The number of nitrogens with one attached hydrogen (secondary N) is 1. The summed E-state index contributed by atoms with van der Waals surface area (Å²) in [6.45, 7) is 4.16. The lowest BCUT2D eigenvalue weighted by molar-refractivity contribution is -0.123. The number of nitrogens with zero attached hydrogens (tertiary/aromatic N) is 1. The third-order valence-electron chi connectivity index (χ3n) is 3.15. The van der Waals surface area contributed by atoms with Gasteiger partial charge in [-0.1, -0.05) is 54.0 Å². The first kappa shape index (κ1) is 17.2. The molecule has 0 radical (unpaired) electrons. The minimum atomic E-state index is -0.300. The monoisotopic (exact) mass is 374 g/mol. The Morgan fingerprint density at radius 1 is 1.26 bits per heavy atom. The smallest absolute Gasteiger partial charge is 0.277 e. The Balaban J connectivity index is 1.82. The number of carbonyl (C=O) groups excluding carboxylic acids is 1. The first-order valence-corrected chi connectivity index (χ1v) is 8.14. The van der Waals surface area contributed by atoms with Gasteiger partial charge in [0.25, 0.3) is 5.91 Å². The van der Waals surface area contributed by atoms with E-state index in [1.807, 2.05) is 48.5 Å². The van der Waals surface area contributed by atoms with Crippen molar-refractivity contribution in [2.75, 3.05) is 6.61 Å². The van der Waals surface area contributed by atoms with E-state index in [9.17, 15) is 4.79 Å². The molecule has 0 saturated heterocycles. The van der Waals surface area contributed by atoms with Crippen LogP contribution in [0.4, 0.5) is 0 Å². The van der Waals surface area contributed by atoms with E-state index >= 15 is 0 Å². The molecular weight excluding hydrogens is 356 g/mol. The minimum absolute atomic E-state index is 0.0721. The molecule has 5 heteroatoms. The lowest BCUT2D eigenvalue weighted by Crippen LogP contribution is -2.24. The van der Waals surface area contributed by atoms with Crippen molar-refractivity contribution in [2.24, 2.45) is 5.10 Å². The van der Waals surface area contributed by atoms with Gasteiger partial charge in [0.15, 0.2) is 6.61 Å². The van der Waals surface area contributed by atoms with Crippen LogP contribution in [-0.4, -0.2) is 18.7 Å². The molecule has 0 spiro atoms. The van der Waals surface area contributed by atoms with Gasteiger partial charge >= 0.3 is 0 Å². The van der Waals surface area contributed by atoms with Crippen LogP contribution in [0.25, 0.3) is 0 Å². The van der Waals surface area contributed by atoms with E-state index in [-0.39, 0.29) is 12.5 Å². The van der Waals surface area contributed by atoms with E-state index < -0.39 is 0 Å². The molecule has 0 aliphatic heterocycles. The van der Waals surface area contributed by atoms with Crippen LogP contribution in [-0.2, 0) is 4.79 Å². The van der Waals surface area contributed by atoms with Gasteiger partial charge in [0, 0.05) is 4.47 Å². The summed E-state index contributed by atoms with van der Waals surface area (Å²) in [5, 5.41) is 3.92. The molecule has 2 aromatic rings. The molecule has 2 rings (SSSR count). The summed E-state index contributed by atoms with van der Waals surface area (Å²) in [6, 6.07) is 15.4. The standard InChI is InChI=1S/C18H19BrN2O2/c1-13(2)15-6-4-8-17(10-15)23-12-18(22)21-20-11-14-5-3-7-16(19)9-14/h3-11,13H,12H2,1-2H3,(H,21,22)/b20-11+. The van der Waals surface area contributed by atoms with E-state index in [0.29, 0.717) is 11.7 Å². The van der Waals surface area contributed by atoms with Crippen LogP contribution in [0.5, 0.6) is 5.75 Å². The van der Waals surface area contributed by atoms with E-state index in [2.05, 4.69) is 40.3 Å². The molecule has 120 valence electrons. The lowest BCUT2D eigenvalue weighted by Gasteiger charge is -2.09. The predicted molar refractivity (Wildman–Crippen MR) is 95.9 cm³/mol. The van der Waals surface area contributed by atoms with Crippen LogP contribution in [0.1, 0.15) is 30.9 Å². The molecule has 0 heterocycles. The van der Waals surface area contributed by atoms with Crippen molar-refractivity contribution in [1.29, 1.82) is 0 Å². The molecule has 2 aromatic carbocycles. The molecule has 0 aliphatic rings. The Morgan fingerprint density at radius 3 is 2.78 bits per heavy atom. The maximum absolute atomic E-state index is 11.7. The van der Waals surface area contributed by atoms with Gasteiger partial charge < -0.3 is 4.74 Å². The topological polar surface area (TPSA) is 50.7 Å². The van der Waals surface area contributed by atoms with Crippen molar-refractivity contribution in [2.45, 2.75) is 19.8 Å². The second-order valence-electron chi connectivity index (χ2n) is 5.36. The molecule has 0 saturated carbocycles. The zero-order valence-electron chi connectivity index (χ0n) is 13.1. The molecule has 0 unspecified atom stereocenters. The minimum Gasteiger partial charge on any atom is -0.484 e. The number of benzene rings is 2. The Morgan fingerprint density at radius 2 is 2.04 bits per heavy atom. The fourth-order valence-electron chi connectivity index (χ4n) is 1.91. The van der Waals surface area contributed by atoms with Crippen LogP contribution in [0, 0.1) is 0 Å². The van der Waals surface area contributed by atoms with Gasteiger partial charge in [0.05, 0.1) is 6.21 Å². The third-order valence-corrected chi connectivity index (χ3v) is 3.64. The zero-order valence-corrected chi connectivity index (χ0v) is 14.7. The number of hydrazone groups is 1. The number of ether oxygens (including phenoxy) is 1. The van der Waals surface area contributed by atoms with Gasteiger partial charge in [-0.15, -0.1) is 0 Å². The number of amides is 1. The maximum Gasteiger partial charge on any atom is 0.277 e. The molecule has 4 nitrogen and oxygen atoms in total. The Hall–Kier alpha value is -2.14. The average molecular weight is 375 g/mol. The molecule has 0 fully saturated rings. The molecule has 0 bridgehead atoms. The van der Waals surface area contributed by atoms with Crippen molar-refractivity contribution in [3.05, 3.63) is 64.1 Å². The zero-order chi connectivity index (χ0) is 16.7. The Kier molecular flexibility index (Phi) is 6.35. The molecular formula is C18H19BrN2O2. The molecule has 23 heavy (non-hydrogen) atoms. The number of carbonyl (C=O) groups is 1. The molecule has 0 atom stereocenters. The normalized spacial score (nSPS) is 11.0. The van der Waals surface area contributed by atoms with Gasteiger partial charge in [-0.05, 0) is 41.3 Å². The summed E-state index contributed by atoms with van der Waals surface area (Å²) in [4.78, 5) is 11.7. The number of rotatable bonds is 6. The molecule has 1 amide bonds. The largest absolute Gasteiger partial charge is 0.484 e. The van der Waals surface area contributed by atoms with Crippen LogP contribution in [0.15, 0.2) is 58.1 Å². The highest BCUT2D eigenvalue weighted by atomic mass is 79.9. The highest BCUT2D eigenvalue weighted by Crippen LogP contribution is 2.19. The number of hydrogen-bond donors (Lipinski definition) is 1. The van der Waals surface area contributed by atoms with Gasteiger partial charge in [-0.3, -0.25) is 4.79 Å².